The molecule has 0 bridgehead atoms. The molecule has 0 heterocycles. The molecule has 1 aromatic rings. The number of amides is 1. The molecule has 0 fully saturated rings. The number of carbonyl (C=O) groups excluding carboxylic acids is 1. The molecule has 0 saturated heterocycles. The highest BCUT2D eigenvalue weighted by Crippen LogP contribution is 2.20. The molecule has 0 aliphatic heterocycles. The van der Waals surface area contributed by atoms with Gasteiger partial charge in [-0.2, -0.15) is 5.26 Å². The van der Waals surface area contributed by atoms with Gasteiger partial charge in [0.2, 0.25) is 0 Å². The first-order valence-corrected chi connectivity index (χ1v) is 5.37. The standard InChI is InChI=1S/C10H8BrClN2O/c1-6(5-13)14-10(15)8-4-7(11)2-3-9(8)12/h2-4,6H,1H3,(H,14,15). The molecule has 15 heavy (non-hydrogen) atoms. The summed E-state index contributed by atoms with van der Waals surface area (Å²) in [4.78, 5) is 11.6. The quantitative estimate of drug-likeness (QED) is 0.909. The van der Waals surface area contributed by atoms with Crippen molar-refractivity contribution >= 4 is 33.4 Å². The van der Waals surface area contributed by atoms with Gasteiger partial charge in [0.25, 0.3) is 5.91 Å². The van der Waals surface area contributed by atoms with Crippen LogP contribution < -0.4 is 5.32 Å². The first-order valence-electron chi connectivity index (χ1n) is 4.20. The van der Waals surface area contributed by atoms with Gasteiger partial charge in [-0.3, -0.25) is 4.79 Å². The number of nitrogens with one attached hydrogen (secondary N) is 1. The number of hydrogen-bond donors (Lipinski definition) is 1. The van der Waals surface area contributed by atoms with Gasteiger partial charge in [0, 0.05) is 4.47 Å². The lowest BCUT2D eigenvalue weighted by Gasteiger charge is -2.07. The Morgan fingerprint density at radius 1 is 1.67 bits per heavy atom. The zero-order chi connectivity index (χ0) is 11.4. The molecule has 0 radical (unpaired) electrons. The summed E-state index contributed by atoms with van der Waals surface area (Å²) in [5.41, 5.74) is 0.355. The molecule has 3 nitrogen and oxygen atoms in total. The van der Waals surface area contributed by atoms with Gasteiger partial charge >= 0.3 is 0 Å². The molecule has 0 aromatic heterocycles. The monoisotopic (exact) mass is 286 g/mol. The first kappa shape index (κ1) is 12.0. The Hall–Kier alpha value is -1.05. The highest BCUT2D eigenvalue weighted by Gasteiger charge is 2.12. The fourth-order valence-corrected chi connectivity index (χ4v) is 1.54. The van der Waals surface area contributed by atoms with E-state index in [0.717, 1.165) is 4.47 Å². The lowest BCUT2D eigenvalue weighted by atomic mass is 10.2. The summed E-state index contributed by atoms with van der Waals surface area (Å²) in [7, 11) is 0. The fraction of sp³-hybridized carbons (Fsp3) is 0.200. The van der Waals surface area contributed by atoms with Gasteiger partial charge in [-0.15, -0.1) is 0 Å². The van der Waals surface area contributed by atoms with E-state index >= 15 is 0 Å². The van der Waals surface area contributed by atoms with Crippen molar-refractivity contribution in [1.82, 2.24) is 5.32 Å². The van der Waals surface area contributed by atoms with Crippen LogP contribution in [0.25, 0.3) is 0 Å². The van der Waals surface area contributed by atoms with Crippen molar-refractivity contribution in [2.24, 2.45) is 0 Å². The summed E-state index contributed by atoms with van der Waals surface area (Å²) in [6.45, 7) is 1.60. The van der Waals surface area contributed by atoms with Crippen LogP contribution in [0.3, 0.4) is 0 Å². The maximum atomic E-state index is 11.6. The summed E-state index contributed by atoms with van der Waals surface area (Å²) in [5, 5.41) is 11.4. The van der Waals surface area contributed by atoms with E-state index in [1.165, 1.54) is 0 Å². The number of halogens is 2. The van der Waals surface area contributed by atoms with Crippen LogP contribution >= 0.6 is 27.5 Å². The van der Waals surface area contributed by atoms with Gasteiger partial charge in [0.15, 0.2) is 0 Å². The Balaban J connectivity index is 2.92. The molecule has 0 aliphatic carbocycles. The maximum absolute atomic E-state index is 11.6. The third kappa shape index (κ3) is 3.22. The van der Waals surface area contributed by atoms with Crippen LogP contribution in [0.5, 0.6) is 0 Å². The third-order valence-corrected chi connectivity index (χ3v) is 2.54. The van der Waals surface area contributed by atoms with Crippen molar-refractivity contribution in [2.45, 2.75) is 13.0 Å². The minimum atomic E-state index is -0.535. The van der Waals surface area contributed by atoms with E-state index < -0.39 is 6.04 Å². The van der Waals surface area contributed by atoms with Crippen LogP contribution in [0.15, 0.2) is 22.7 Å². The number of nitrogens with zero attached hydrogens (tertiary/aromatic N) is 1. The normalized spacial score (nSPS) is 11.6. The topological polar surface area (TPSA) is 52.9 Å². The largest absolute Gasteiger partial charge is 0.336 e. The second kappa shape index (κ2) is 5.15. The molecule has 0 spiro atoms. The Labute approximate surface area is 101 Å². The molecule has 1 N–H and O–H groups in total. The molecule has 0 saturated carbocycles. The number of benzene rings is 1. The van der Waals surface area contributed by atoms with Gasteiger partial charge in [0.05, 0.1) is 16.7 Å². The summed E-state index contributed by atoms with van der Waals surface area (Å²) >= 11 is 9.10. The molecule has 5 heteroatoms. The van der Waals surface area contributed by atoms with Gasteiger partial charge < -0.3 is 5.32 Å². The van der Waals surface area contributed by atoms with Crippen molar-refractivity contribution in [1.29, 1.82) is 5.26 Å². The molecule has 1 rings (SSSR count). The van der Waals surface area contributed by atoms with E-state index in [4.69, 9.17) is 16.9 Å². The molecule has 1 unspecified atom stereocenters. The van der Waals surface area contributed by atoms with Crippen LogP contribution in [0.4, 0.5) is 0 Å². The predicted octanol–water partition coefficient (Wildman–Crippen LogP) is 2.74. The molecule has 1 atom stereocenters. The van der Waals surface area contributed by atoms with Crippen molar-refractivity contribution in [3.05, 3.63) is 33.3 Å². The lowest BCUT2D eigenvalue weighted by molar-refractivity contribution is 0.0948. The molecule has 78 valence electrons. The summed E-state index contributed by atoms with van der Waals surface area (Å²) in [6.07, 6.45) is 0. The third-order valence-electron chi connectivity index (χ3n) is 1.71. The molecule has 1 aromatic carbocycles. The van der Waals surface area contributed by atoms with Gasteiger partial charge in [0.1, 0.15) is 6.04 Å². The number of nitriles is 1. The Bertz CT molecular complexity index is 428. The van der Waals surface area contributed by atoms with Crippen LogP contribution in [-0.2, 0) is 0 Å². The molecule has 1 amide bonds. The van der Waals surface area contributed by atoms with Gasteiger partial charge in [-0.25, -0.2) is 0 Å². The zero-order valence-electron chi connectivity index (χ0n) is 7.92. The Kier molecular flexibility index (Phi) is 4.13. The van der Waals surface area contributed by atoms with Crippen molar-refractivity contribution in [3.63, 3.8) is 0 Å². The van der Waals surface area contributed by atoms with E-state index in [1.54, 1.807) is 25.1 Å². The zero-order valence-corrected chi connectivity index (χ0v) is 10.3. The van der Waals surface area contributed by atoms with Crippen LogP contribution in [0.1, 0.15) is 17.3 Å². The van der Waals surface area contributed by atoms with Crippen LogP contribution in [0, 0.1) is 11.3 Å². The first-order chi connectivity index (χ1) is 7.04. The Morgan fingerprint density at radius 3 is 2.93 bits per heavy atom. The molecule has 0 aliphatic rings. The predicted molar refractivity (Wildman–Crippen MR) is 61.7 cm³/mol. The number of hydrogen-bond acceptors (Lipinski definition) is 2. The maximum Gasteiger partial charge on any atom is 0.253 e. The highest BCUT2D eigenvalue weighted by molar-refractivity contribution is 9.10. The summed E-state index contributed by atoms with van der Waals surface area (Å²) < 4.78 is 0.765. The minimum absolute atomic E-state index is 0.352. The molecular weight excluding hydrogens is 279 g/mol. The highest BCUT2D eigenvalue weighted by atomic mass is 79.9. The second-order valence-electron chi connectivity index (χ2n) is 2.95. The van der Waals surface area contributed by atoms with E-state index in [2.05, 4.69) is 21.2 Å². The smallest absolute Gasteiger partial charge is 0.253 e. The van der Waals surface area contributed by atoms with Gasteiger partial charge in [-0.05, 0) is 25.1 Å². The number of rotatable bonds is 2. The summed E-state index contributed by atoms with van der Waals surface area (Å²) in [5.74, 6) is -0.352. The average Bonchev–Trinajstić information content (AvgIpc) is 2.21. The minimum Gasteiger partial charge on any atom is -0.336 e. The van der Waals surface area contributed by atoms with Crippen LogP contribution in [0.2, 0.25) is 5.02 Å². The number of carbonyl (C=O) groups is 1. The van der Waals surface area contributed by atoms with E-state index in [-0.39, 0.29) is 5.91 Å². The fourth-order valence-electron chi connectivity index (χ4n) is 0.978. The van der Waals surface area contributed by atoms with Crippen molar-refractivity contribution in [3.8, 4) is 6.07 Å². The van der Waals surface area contributed by atoms with E-state index in [1.807, 2.05) is 6.07 Å². The van der Waals surface area contributed by atoms with E-state index in [0.29, 0.717) is 10.6 Å². The Morgan fingerprint density at radius 2 is 2.33 bits per heavy atom. The van der Waals surface area contributed by atoms with Crippen molar-refractivity contribution < 1.29 is 4.79 Å². The van der Waals surface area contributed by atoms with Gasteiger partial charge in [-0.1, -0.05) is 27.5 Å². The average molecular weight is 288 g/mol. The SMILES string of the molecule is CC(C#N)NC(=O)c1cc(Br)ccc1Cl. The van der Waals surface area contributed by atoms with Crippen molar-refractivity contribution in [2.75, 3.05) is 0 Å². The molecular formula is C10H8BrClN2O. The second-order valence-corrected chi connectivity index (χ2v) is 4.27. The summed E-state index contributed by atoms with van der Waals surface area (Å²) in [6, 6.07) is 6.36. The van der Waals surface area contributed by atoms with Crippen LogP contribution in [-0.4, -0.2) is 11.9 Å². The van der Waals surface area contributed by atoms with E-state index in [9.17, 15) is 4.79 Å². The lowest BCUT2D eigenvalue weighted by Crippen LogP contribution is -2.31.